The molecule has 0 aliphatic rings. The second kappa shape index (κ2) is 12.2. The van der Waals surface area contributed by atoms with Crippen molar-refractivity contribution in [3.05, 3.63) is 29.3 Å². The SMILES string of the molecule is CCCNC(=O)CNC(=NC)NCc1ccc(C)cc1OCCC(C)C. The van der Waals surface area contributed by atoms with Crippen molar-refractivity contribution in [3.8, 4) is 5.75 Å². The normalized spacial score (nSPS) is 11.4. The summed E-state index contributed by atoms with van der Waals surface area (Å²) in [5.74, 6) is 2.06. The molecule has 6 nitrogen and oxygen atoms in total. The van der Waals surface area contributed by atoms with Crippen LogP contribution in [-0.2, 0) is 11.3 Å². The summed E-state index contributed by atoms with van der Waals surface area (Å²) in [6.45, 7) is 10.6. The summed E-state index contributed by atoms with van der Waals surface area (Å²) in [6.07, 6.45) is 1.95. The minimum Gasteiger partial charge on any atom is -0.493 e. The first-order valence-electron chi connectivity index (χ1n) is 9.39. The first-order valence-corrected chi connectivity index (χ1v) is 9.39. The van der Waals surface area contributed by atoms with Gasteiger partial charge in [-0.1, -0.05) is 32.9 Å². The molecule has 3 N–H and O–H groups in total. The van der Waals surface area contributed by atoms with Gasteiger partial charge in [-0.2, -0.15) is 0 Å². The third-order valence-corrected chi connectivity index (χ3v) is 3.83. The average Bonchev–Trinajstić information content (AvgIpc) is 2.61. The number of rotatable bonds is 10. The molecule has 26 heavy (non-hydrogen) atoms. The van der Waals surface area contributed by atoms with Gasteiger partial charge < -0.3 is 20.7 Å². The monoisotopic (exact) mass is 362 g/mol. The van der Waals surface area contributed by atoms with E-state index in [1.54, 1.807) is 7.05 Å². The van der Waals surface area contributed by atoms with E-state index < -0.39 is 0 Å². The summed E-state index contributed by atoms with van der Waals surface area (Å²) in [4.78, 5) is 15.8. The van der Waals surface area contributed by atoms with Crippen LogP contribution in [0.3, 0.4) is 0 Å². The number of carbonyl (C=O) groups is 1. The number of aryl methyl sites for hydroxylation is 1. The van der Waals surface area contributed by atoms with Crippen LogP contribution in [0.1, 0.15) is 44.7 Å². The van der Waals surface area contributed by atoms with Crippen LogP contribution in [0, 0.1) is 12.8 Å². The molecule has 0 aliphatic heterocycles. The van der Waals surface area contributed by atoms with Crippen LogP contribution in [0.25, 0.3) is 0 Å². The van der Waals surface area contributed by atoms with E-state index in [0.717, 1.165) is 24.2 Å². The molecule has 0 atom stereocenters. The zero-order valence-electron chi connectivity index (χ0n) is 16.8. The number of ether oxygens (including phenoxy) is 1. The molecule has 1 aromatic rings. The molecule has 0 radical (unpaired) electrons. The van der Waals surface area contributed by atoms with Crippen molar-refractivity contribution in [2.75, 3.05) is 26.7 Å². The van der Waals surface area contributed by atoms with Crippen molar-refractivity contribution in [2.45, 2.75) is 47.1 Å². The molecular formula is C20H34N4O2. The number of guanidine groups is 1. The average molecular weight is 363 g/mol. The van der Waals surface area contributed by atoms with Crippen LogP contribution in [0.4, 0.5) is 0 Å². The van der Waals surface area contributed by atoms with Crippen LogP contribution in [0.2, 0.25) is 0 Å². The zero-order chi connectivity index (χ0) is 19.4. The maximum absolute atomic E-state index is 11.7. The Labute approximate surface area is 157 Å². The molecule has 1 amide bonds. The van der Waals surface area contributed by atoms with E-state index in [2.05, 4.69) is 59.9 Å². The summed E-state index contributed by atoms with van der Waals surface area (Å²) in [6, 6.07) is 6.20. The van der Waals surface area contributed by atoms with Gasteiger partial charge in [-0.15, -0.1) is 0 Å². The van der Waals surface area contributed by atoms with Gasteiger partial charge in [-0.25, -0.2) is 0 Å². The number of amides is 1. The number of nitrogens with zero attached hydrogens (tertiary/aromatic N) is 1. The van der Waals surface area contributed by atoms with Crippen LogP contribution in [0.5, 0.6) is 5.75 Å². The van der Waals surface area contributed by atoms with E-state index in [1.165, 1.54) is 5.56 Å². The quantitative estimate of drug-likeness (QED) is 0.442. The van der Waals surface area contributed by atoms with Crippen molar-refractivity contribution in [2.24, 2.45) is 10.9 Å². The van der Waals surface area contributed by atoms with Gasteiger partial charge in [-0.05, 0) is 37.3 Å². The summed E-state index contributed by atoms with van der Waals surface area (Å²) < 4.78 is 5.97. The highest BCUT2D eigenvalue weighted by molar-refractivity contribution is 5.86. The van der Waals surface area contributed by atoms with Crippen molar-refractivity contribution in [1.29, 1.82) is 0 Å². The first-order chi connectivity index (χ1) is 12.5. The van der Waals surface area contributed by atoms with Crippen LogP contribution in [0.15, 0.2) is 23.2 Å². The van der Waals surface area contributed by atoms with Crippen molar-refractivity contribution in [3.63, 3.8) is 0 Å². The molecule has 0 spiro atoms. The van der Waals surface area contributed by atoms with E-state index in [1.807, 2.05) is 6.92 Å². The maximum Gasteiger partial charge on any atom is 0.239 e. The Morgan fingerprint density at radius 1 is 1.23 bits per heavy atom. The molecule has 0 saturated heterocycles. The lowest BCUT2D eigenvalue weighted by Gasteiger charge is -2.16. The number of nitrogens with one attached hydrogen (secondary N) is 3. The summed E-state index contributed by atoms with van der Waals surface area (Å²) in [5.41, 5.74) is 2.24. The van der Waals surface area contributed by atoms with Gasteiger partial charge in [0.25, 0.3) is 0 Å². The molecule has 0 unspecified atom stereocenters. The van der Waals surface area contributed by atoms with Gasteiger partial charge in [-0.3, -0.25) is 9.79 Å². The van der Waals surface area contributed by atoms with Gasteiger partial charge in [0.2, 0.25) is 5.91 Å². The Bertz CT molecular complexity index is 585. The van der Waals surface area contributed by atoms with E-state index in [-0.39, 0.29) is 12.5 Å². The van der Waals surface area contributed by atoms with E-state index in [9.17, 15) is 4.79 Å². The lowest BCUT2D eigenvalue weighted by Crippen LogP contribution is -2.43. The van der Waals surface area contributed by atoms with Gasteiger partial charge in [0, 0.05) is 25.7 Å². The topological polar surface area (TPSA) is 74.8 Å². The maximum atomic E-state index is 11.7. The second-order valence-electron chi connectivity index (χ2n) is 6.77. The van der Waals surface area contributed by atoms with E-state index in [4.69, 9.17) is 4.74 Å². The third-order valence-electron chi connectivity index (χ3n) is 3.83. The van der Waals surface area contributed by atoms with E-state index >= 15 is 0 Å². The molecule has 0 saturated carbocycles. The van der Waals surface area contributed by atoms with Crippen molar-refractivity contribution in [1.82, 2.24) is 16.0 Å². The standard InChI is InChI=1S/C20H34N4O2/c1-6-10-22-19(25)14-24-20(21-5)23-13-17-8-7-16(4)12-18(17)26-11-9-15(2)3/h7-8,12,15H,6,9-11,13-14H2,1-5H3,(H,22,25)(H2,21,23,24). The molecule has 6 heteroatoms. The zero-order valence-corrected chi connectivity index (χ0v) is 16.8. The predicted molar refractivity (Wildman–Crippen MR) is 108 cm³/mol. The fraction of sp³-hybridized carbons (Fsp3) is 0.600. The highest BCUT2D eigenvalue weighted by atomic mass is 16.5. The minimum atomic E-state index is -0.0390. The highest BCUT2D eigenvalue weighted by Crippen LogP contribution is 2.21. The molecule has 146 valence electrons. The van der Waals surface area contributed by atoms with Crippen LogP contribution < -0.4 is 20.7 Å². The minimum absolute atomic E-state index is 0.0390. The Balaban J connectivity index is 2.57. The summed E-state index contributed by atoms with van der Waals surface area (Å²) >= 11 is 0. The smallest absolute Gasteiger partial charge is 0.239 e. The van der Waals surface area contributed by atoms with Crippen LogP contribution >= 0.6 is 0 Å². The molecule has 0 aliphatic carbocycles. The number of hydrogen-bond donors (Lipinski definition) is 3. The third kappa shape index (κ3) is 8.74. The van der Waals surface area contributed by atoms with Crippen molar-refractivity contribution < 1.29 is 9.53 Å². The molecular weight excluding hydrogens is 328 g/mol. The number of aliphatic imine (C=N–C) groups is 1. The summed E-state index contributed by atoms with van der Waals surface area (Å²) in [7, 11) is 1.69. The van der Waals surface area contributed by atoms with Gasteiger partial charge in [0.15, 0.2) is 5.96 Å². The molecule has 0 fully saturated rings. The Morgan fingerprint density at radius 2 is 2.00 bits per heavy atom. The van der Waals surface area contributed by atoms with Gasteiger partial charge in [0.1, 0.15) is 5.75 Å². The first kappa shape index (κ1) is 21.8. The highest BCUT2D eigenvalue weighted by Gasteiger charge is 2.07. The fourth-order valence-electron chi connectivity index (χ4n) is 2.24. The number of hydrogen-bond acceptors (Lipinski definition) is 3. The Kier molecular flexibility index (Phi) is 10.2. The number of benzene rings is 1. The Hall–Kier alpha value is -2.24. The second-order valence-corrected chi connectivity index (χ2v) is 6.77. The van der Waals surface area contributed by atoms with Gasteiger partial charge in [0.05, 0.1) is 13.2 Å². The number of carbonyl (C=O) groups excluding carboxylic acids is 1. The molecule has 0 aromatic heterocycles. The summed E-state index contributed by atoms with van der Waals surface area (Å²) in [5, 5.41) is 9.09. The van der Waals surface area contributed by atoms with E-state index in [0.29, 0.717) is 31.6 Å². The molecule has 1 aromatic carbocycles. The van der Waals surface area contributed by atoms with Gasteiger partial charge >= 0.3 is 0 Å². The lowest BCUT2D eigenvalue weighted by atomic mass is 10.1. The Morgan fingerprint density at radius 3 is 2.65 bits per heavy atom. The molecule has 0 bridgehead atoms. The van der Waals surface area contributed by atoms with Crippen molar-refractivity contribution >= 4 is 11.9 Å². The molecule has 0 heterocycles. The largest absolute Gasteiger partial charge is 0.493 e. The molecule has 1 rings (SSSR count). The lowest BCUT2D eigenvalue weighted by molar-refractivity contribution is -0.120. The predicted octanol–water partition coefficient (Wildman–Crippen LogP) is 2.61. The van der Waals surface area contributed by atoms with Crippen LogP contribution in [-0.4, -0.2) is 38.6 Å². The fourth-order valence-corrected chi connectivity index (χ4v) is 2.24.